The van der Waals surface area contributed by atoms with Crippen molar-refractivity contribution in [3.8, 4) is 17.2 Å². The van der Waals surface area contributed by atoms with Gasteiger partial charge in [0.05, 0.1) is 16.7 Å². The van der Waals surface area contributed by atoms with Crippen molar-refractivity contribution >= 4 is 16.2 Å². The van der Waals surface area contributed by atoms with E-state index in [1.165, 1.54) is 36.4 Å². The first kappa shape index (κ1) is 30.0. The Kier molecular flexibility index (Phi) is 9.63. The molecule has 0 aromatic heterocycles. The van der Waals surface area contributed by atoms with Crippen LogP contribution in [-0.2, 0) is 21.1 Å². The molecular weight excluding hydrogens is 535 g/mol. The van der Waals surface area contributed by atoms with Gasteiger partial charge in [0.25, 0.3) is 0 Å². The molecule has 0 saturated heterocycles. The third kappa shape index (κ3) is 8.72. The average Bonchev–Trinajstić information content (AvgIpc) is 2.87. The SMILES string of the molecule is CC(C)Cc1ccc([C@@H](C)[C@@H](CS(=O)(=O)c2ccc(Oc3ccc(OC(F)(F)F)cc3)cc2)N(O)C=O)cc1. The number of alkyl halides is 3. The summed E-state index contributed by atoms with van der Waals surface area (Å²) < 4.78 is 72.7. The molecule has 3 aromatic carbocycles. The Morgan fingerprint density at radius 3 is 1.87 bits per heavy atom. The monoisotopic (exact) mass is 565 g/mol. The molecule has 1 amide bonds. The summed E-state index contributed by atoms with van der Waals surface area (Å²) in [5.74, 6) is -0.478. The van der Waals surface area contributed by atoms with Crippen molar-refractivity contribution < 1.29 is 41.1 Å². The second-order valence-electron chi connectivity index (χ2n) is 9.56. The number of nitrogens with zero attached hydrogens (tertiary/aromatic N) is 1. The van der Waals surface area contributed by atoms with Crippen molar-refractivity contribution in [2.24, 2.45) is 5.92 Å². The smallest absolute Gasteiger partial charge is 0.457 e. The molecule has 0 aliphatic heterocycles. The molecule has 0 bridgehead atoms. The molecule has 210 valence electrons. The van der Waals surface area contributed by atoms with Crippen molar-refractivity contribution in [2.75, 3.05) is 5.75 Å². The van der Waals surface area contributed by atoms with Gasteiger partial charge in [-0.15, -0.1) is 13.2 Å². The van der Waals surface area contributed by atoms with Crippen LogP contribution in [0.3, 0.4) is 0 Å². The van der Waals surface area contributed by atoms with Crippen LogP contribution in [0.2, 0.25) is 0 Å². The van der Waals surface area contributed by atoms with Crippen molar-refractivity contribution in [1.82, 2.24) is 5.06 Å². The number of amides is 1. The first-order valence-electron chi connectivity index (χ1n) is 12.1. The summed E-state index contributed by atoms with van der Waals surface area (Å²) in [7, 11) is -3.94. The fraction of sp³-hybridized carbons (Fsp3) is 0.321. The number of benzene rings is 3. The Hall–Kier alpha value is -3.57. The van der Waals surface area contributed by atoms with Gasteiger partial charge in [0.1, 0.15) is 17.2 Å². The number of hydrogen-bond donors (Lipinski definition) is 1. The summed E-state index contributed by atoms with van der Waals surface area (Å²) >= 11 is 0. The summed E-state index contributed by atoms with van der Waals surface area (Å²) in [4.78, 5) is 11.3. The van der Waals surface area contributed by atoms with E-state index in [2.05, 4.69) is 18.6 Å². The second kappa shape index (κ2) is 12.5. The first-order valence-corrected chi connectivity index (χ1v) is 13.8. The van der Waals surface area contributed by atoms with Crippen LogP contribution < -0.4 is 9.47 Å². The lowest BCUT2D eigenvalue weighted by Gasteiger charge is -2.28. The molecule has 1 N–H and O–H groups in total. The molecule has 3 rings (SSSR count). The molecule has 0 saturated carbocycles. The van der Waals surface area contributed by atoms with Gasteiger partial charge in [-0.05, 0) is 72.0 Å². The molecule has 0 aliphatic rings. The second-order valence-corrected chi connectivity index (χ2v) is 11.6. The summed E-state index contributed by atoms with van der Waals surface area (Å²) in [6.45, 7) is 5.96. The van der Waals surface area contributed by atoms with Crippen LogP contribution in [-0.4, -0.2) is 43.3 Å². The fourth-order valence-electron chi connectivity index (χ4n) is 4.06. The highest BCUT2D eigenvalue weighted by Gasteiger charge is 2.32. The van der Waals surface area contributed by atoms with Gasteiger partial charge < -0.3 is 9.47 Å². The highest BCUT2D eigenvalue weighted by atomic mass is 32.2. The molecule has 7 nitrogen and oxygen atoms in total. The predicted molar refractivity (Wildman–Crippen MR) is 139 cm³/mol. The number of sulfone groups is 1. The Balaban J connectivity index is 1.72. The number of rotatable bonds is 12. The van der Waals surface area contributed by atoms with Gasteiger partial charge in [0, 0.05) is 5.92 Å². The van der Waals surface area contributed by atoms with Gasteiger partial charge in [0.15, 0.2) is 9.84 Å². The van der Waals surface area contributed by atoms with E-state index in [0.717, 1.165) is 29.7 Å². The lowest BCUT2D eigenvalue weighted by Crippen LogP contribution is -2.41. The molecule has 0 heterocycles. The maximum Gasteiger partial charge on any atom is 0.573 e. The molecular formula is C28H30F3NO6S. The molecule has 11 heteroatoms. The van der Waals surface area contributed by atoms with Crippen molar-refractivity contribution in [3.63, 3.8) is 0 Å². The van der Waals surface area contributed by atoms with Crippen molar-refractivity contribution in [2.45, 2.75) is 50.4 Å². The zero-order chi connectivity index (χ0) is 28.8. The highest BCUT2D eigenvalue weighted by molar-refractivity contribution is 7.91. The van der Waals surface area contributed by atoms with E-state index in [-0.39, 0.29) is 22.8 Å². The Bertz CT molecular complexity index is 1330. The summed E-state index contributed by atoms with van der Waals surface area (Å²) in [6.07, 6.45) is -3.73. The van der Waals surface area contributed by atoms with Crippen LogP contribution in [0.25, 0.3) is 0 Å². The number of hydrogen-bond acceptors (Lipinski definition) is 6. The third-order valence-corrected chi connectivity index (χ3v) is 7.81. The van der Waals surface area contributed by atoms with Crippen LogP contribution in [0.5, 0.6) is 17.2 Å². The summed E-state index contributed by atoms with van der Waals surface area (Å²) in [5, 5.41) is 10.6. The number of hydroxylamine groups is 2. The lowest BCUT2D eigenvalue weighted by atomic mass is 9.92. The maximum atomic E-state index is 13.2. The highest BCUT2D eigenvalue weighted by Crippen LogP contribution is 2.30. The minimum absolute atomic E-state index is 0.0486. The molecule has 0 spiro atoms. The number of ether oxygens (including phenoxy) is 2. The fourth-order valence-corrected chi connectivity index (χ4v) is 5.69. The van der Waals surface area contributed by atoms with E-state index in [1.54, 1.807) is 6.92 Å². The molecule has 39 heavy (non-hydrogen) atoms. The Labute approximate surface area is 225 Å². The van der Waals surface area contributed by atoms with E-state index in [1.807, 2.05) is 24.3 Å². The quantitative estimate of drug-likeness (QED) is 0.156. The summed E-state index contributed by atoms with van der Waals surface area (Å²) in [6, 6.07) is 16.8. The number of carbonyl (C=O) groups excluding carboxylic acids is 1. The van der Waals surface area contributed by atoms with Crippen LogP contribution in [0.4, 0.5) is 13.2 Å². The molecule has 0 aliphatic carbocycles. The zero-order valence-corrected chi connectivity index (χ0v) is 22.4. The van der Waals surface area contributed by atoms with E-state index >= 15 is 0 Å². The van der Waals surface area contributed by atoms with Gasteiger partial charge >= 0.3 is 6.36 Å². The standard InChI is InChI=1S/C28H30F3NO6S/c1-19(2)16-21-4-6-22(7-5-21)20(3)27(32(34)18-33)17-39(35,36)26-14-12-24(13-15-26)37-23-8-10-25(11-9-23)38-28(29,30)31/h4-15,18-20,27,34H,16-17H2,1-3H3/t20-,27-/m1/s1. The van der Waals surface area contributed by atoms with Gasteiger partial charge in [-0.2, -0.15) is 0 Å². The first-order chi connectivity index (χ1) is 18.3. The van der Waals surface area contributed by atoms with Crippen molar-refractivity contribution in [1.29, 1.82) is 0 Å². The maximum absolute atomic E-state index is 13.2. The molecule has 2 atom stereocenters. The molecule has 0 unspecified atom stereocenters. The minimum atomic E-state index is -4.81. The predicted octanol–water partition coefficient (Wildman–Crippen LogP) is 6.37. The largest absolute Gasteiger partial charge is 0.573 e. The average molecular weight is 566 g/mol. The minimum Gasteiger partial charge on any atom is -0.457 e. The van der Waals surface area contributed by atoms with Gasteiger partial charge in [-0.25, -0.2) is 13.5 Å². The van der Waals surface area contributed by atoms with Crippen LogP contribution in [0, 0.1) is 5.92 Å². The van der Waals surface area contributed by atoms with Gasteiger partial charge in [0.2, 0.25) is 6.41 Å². The molecule has 0 radical (unpaired) electrons. The van der Waals surface area contributed by atoms with Gasteiger partial charge in [-0.1, -0.05) is 45.0 Å². The van der Waals surface area contributed by atoms with Crippen LogP contribution in [0.15, 0.2) is 77.7 Å². The van der Waals surface area contributed by atoms with E-state index in [4.69, 9.17) is 4.74 Å². The Morgan fingerprint density at radius 1 is 0.872 bits per heavy atom. The van der Waals surface area contributed by atoms with Crippen LogP contribution in [0.1, 0.15) is 37.8 Å². The Morgan fingerprint density at radius 2 is 1.38 bits per heavy atom. The van der Waals surface area contributed by atoms with Crippen LogP contribution >= 0.6 is 0 Å². The molecule has 3 aromatic rings. The zero-order valence-electron chi connectivity index (χ0n) is 21.6. The summed E-state index contributed by atoms with van der Waals surface area (Å²) in [5.41, 5.74) is 1.91. The lowest BCUT2D eigenvalue weighted by molar-refractivity contribution is -0.274. The van der Waals surface area contributed by atoms with E-state index < -0.39 is 39.7 Å². The number of carbonyl (C=O) groups is 1. The molecule has 0 fully saturated rings. The van der Waals surface area contributed by atoms with E-state index in [0.29, 0.717) is 11.0 Å². The van der Waals surface area contributed by atoms with Gasteiger partial charge in [-0.3, -0.25) is 10.0 Å². The third-order valence-electron chi connectivity index (χ3n) is 6.04. The normalized spacial score (nSPS) is 13.5. The van der Waals surface area contributed by atoms with E-state index in [9.17, 15) is 31.6 Å². The van der Waals surface area contributed by atoms with Crippen molar-refractivity contribution in [3.05, 3.63) is 83.9 Å². The number of halogens is 3. The topological polar surface area (TPSA) is 93.1 Å².